The van der Waals surface area contributed by atoms with Gasteiger partial charge in [-0.15, -0.1) is 11.3 Å². The largest absolute Gasteiger partial charge is 0.494 e. The van der Waals surface area contributed by atoms with E-state index in [1.54, 1.807) is 23.5 Å². The molecule has 3 nitrogen and oxygen atoms in total. The highest BCUT2D eigenvalue weighted by molar-refractivity contribution is 7.18. The Hall–Kier alpha value is -2.14. The smallest absolute Gasteiger partial charge is 0.167 e. The van der Waals surface area contributed by atoms with Crippen molar-refractivity contribution in [3.63, 3.8) is 0 Å². The standard InChI is InChI=1S/C16H15FN2OS/c1-10(16-19-13-5-3-4-6-15(13)21-16)18-11-7-8-14(20-2)12(17)9-11/h3-10,18H,1-2H3. The Morgan fingerprint density at radius 1 is 1.24 bits per heavy atom. The number of rotatable bonds is 4. The minimum atomic E-state index is -0.376. The van der Waals surface area contributed by atoms with Crippen LogP contribution in [0, 0.1) is 5.82 Å². The first kappa shape index (κ1) is 13.8. The van der Waals surface area contributed by atoms with Crippen LogP contribution in [-0.4, -0.2) is 12.1 Å². The van der Waals surface area contributed by atoms with Gasteiger partial charge in [-0.05, 0) is 31.2 Å². The van der Waals surface area contributed by atoms with E-state index in [1.807, 2.05) is 25.1 Å². The van der Waals surface area contributed by atoms with Crippen LogP contribution in [0.25, 0.3) is 10.2 Å². The number of thiazole rings is 1. The molecule has 1 atom stereocenters. The molecule has 0 bridgehead atoms. The second-order valence-corrected chi connectivity index (χ2v) is 5.80. The van der Waals surface area contributed by atoms with Crippen LogP contribution in [0.15, 0.2) is 42.5 Å². The number of hydrogen-bond acceptors (Lipinski definition) is 4. The quantitative estimate of drug-likeness (QED) is 0.763. The molecule has 0 aliphatic rings. The molecule has 2 aromatic carbocycles. The molecule has 0 fully saturated rings. The first-order chi connectivity index (χ1) is 10.2. The Kier molecular flexibility index (Phi) is 3.75. The van der Waals surface area contributed by atoms with Crippen LogP contribution in [0.5, 0.6) is 5.75 Å². The second-order valence-electron chi connectivity index (χ2n) is 4.74. The maximum atomic E-state index is 13.7. The second kappa shape index (κ2) is 5.69. The van der Waals surface area contributed by atoms with Gasteiger partial charge >= 0.3 is 0 Å². The monoisotopic (exact) mass is 302 g/mol. The lowest BCUT2D eigenvalue weighted by molar-refractivity contribution is 0.386. The van der Waals surface area contributed by atoms with Crippen LogP contribution in [0.2, 0.25) is 0 Å². The number of hydrogen-bond donors (Lipinski definition) is 1. The summed E-state index contributed by atoms with van der Waals surface area (Å²) in [5.41, 5.74) is 1.70. The number of aromatic nitrogens is 1. The van der Waals surface area contributed by atoms with Gasteiger partial charge in [-0.2, -0.15) is 0 Å². The zero-order chi connectivity index (χ0) is 14.8. The highest BCUT2D eigenvalue weighted by Crippen LogP contribution is 2.29. The maximum absolute atomic E-state index is 13.7. The molecule has 0 amide bonds. The number of nitrogens with one attached hydrogen (secondary N) is 1. The molecule has 0 aliphatic heterocycles. The molecule has 1 aromatic heterocycles. The van der Waals surface area contributed by atoms with Crippen molar-refractivity contribution < 1.29 is 9.13 Å². The number of methoxy groups -OCH3 is 1. The van der Waals surface area contributed by atoms with E-state index in [0.29, 0.717) is 5.69 Å². The molecule has 0 saturated heterocycles. The Morgan fingerprint density at radius 3 is 2.76 bits per heavy atom. The van der Waals surface area contributed by atoms with E-state index in [-0.39, 0.29) is 17.6 Å². The fourth-order valence-corrected chi connectivity index (χ4v) is 3.11. The summed E-state index contributed by atoms with van der Waals surface area (Å²) in [4.78, 5) is 4.60. The minimum absolute atomic E-state index is 0.00944. The molecule has 1 N–H and O–H groups in total. The summed E-state index contributed by atoms with van der Waals surface area (Å²) in [6.45, 7) is 2.01. The van der Waals surface area contributed by atoms with Crippen molar-refractivity contribution in [3.05, 3.63) is 53.3 Å². The first-order valence-electron chi connectivity index (χ1n) is 6.63. The van der Waals surface area contributed by atoms with Crippen LogP contribution < -0.4 is 10.1 Å². The third-order valence-electron chi connectivity index (χ3n) is 3.22. The molecule has 0 radical (unpaired) electrons. The summed E-state index contributed by atoms with van der Waals surface area (Å²) in [6.07, 6.45) is 0. The van der Waals surface area contributed by atoms with Gasteiger partial charge in [0.15, 0.2) is 11.6 Å². The molecular weight excluding hydrogens is 287 g/mol. The summed E-state index contributed by atoms with van der Waals surface area (Å²) < 4.78 is 19.8. The van der Waals surface area contributed by atoms with Crippen LogP contribution in [0.4, 0.5) is 10.1 Å². The lowest BCUT2D eigenvalue weighted by Gasteiger charge is -2.13. The van der Waals surface area contributed by atoms with Crippen molar-refractivity contribution in [2.45, 2.75) is 13.0 Å². The zero-order valence-electron chi connectivity index (χ0n) is 11.8. The van der Waals surface area contributed by atoms with Gasteiger partial charge in [0, 0.05) is 11.8 Å². The molecule has 21 heavy (non-hydrogen) atoms. The van der Waals surface area contributed by atoms with E-state index in [0.717, 1.165) is 15.2 Å². The number of ether oxygens (including phenoxy) is 1. The third kappa shape index (κ3) is 2.83. The minimum Gasteiger partial charge on any atom is -0.494 e. The normalized spacial score (nSPS) is 12.3. The Bertz CT molecular complexity index is 739. The Labute approximate surface area is 126 Å². The van der Waals surface area contributed by atoms with Crippen LogP contribution in [0.3, 0.4) is 0 Å². The van der Waals surface area contributed by atoms with E-state index in [4.69, 9.17) is 4.74 Å². The number of para-hydroxylation sites is 1. The first-order valence-corrected chi connectivity index (χ1v) is 7.44. The highest BCUT2D eigenvalue weighted by Gasteiger charge is 2.12. The van der Waals surface area contributed by atoms with Crippen molar-refractivity contribution >= 4 is 27.2 Å². The molecule has 108 valence electrons. The van der Waals surface area contributed by atoms with E-state index >= 15 is 0 Å². The molecule has 0 aliphatic carbocycles. The fourth-order valence-electron chi connectivity index (χ4n) is 2.14. The predicted octanol–water partition coefficient (Wildman–Crippen LogP) is 4.62. The van der Waals surface area contributed by atoms with Crippen LogP contribution in [0.1, 0.15) is 18.0 Å². The number of benzene rings is 2. The van der Waals surface area contributed by atoms with Crippen molar-refractivity contribution in [2.75, 3.05) is 12.4 Å². The highest BCUT2D eigenvalue weighted by atomic mass is 32.1. The van der Waals surface area contributed by atoms with Crippen molar-refractivity contribution in [1.82, 2.24) is 4.98 Å². The maximum Gasteiger partial charge on any atom is 0.167 e. The molecule has 3 aromatic rings. The van der Waals surface area contributed by atoms with Crippen LogP contribution in [-0.2, 0) is 0 Å². The SMILES string of the molecule is COc1ccc(NC(C)c2nc3ccccc3s2)cc1F. The molecular formula is C16H15FN2OS. The van der Waals surface area contributed by atoms with Gasteiger partial charge in [0.2, 0.25) is 0 Å². The summed E-state index contributed by atoms with van der Waals surface area (Å²) in [6, 6.07) is 12.9. The molecule has 5 heteroatoms. The lowest BCUT2D eigenvalue weighted by atomic mass is 10.2. The molecule has 0 saturated carbocycles. The number of anilines is 1. The topological polar surface area (TPSA) is 34.1 Å². The predicted molar refractivity (Wildman–Crippen MR) is 84.6 cm³/mol. The summed E-state index contributed by atoms with van der Waals surface area (Å²) in [5.74, 6) is -0.132. The van der Waals surface area contributed by atoms with Gasteiger partial charge in [-0.25, -0.2) is 9.37 Å². The van der Waals surface area contributed by atoms with E-state index in [9.17, 15) is 4.39 Å². The Morgan fingerprint density at radius 2 is 2.05 bits per heavy atom. The van der Waals surface area contributed by atoms with E-state index < -0.39 is 0 Å². The number of nitrogens with zero attached hydrogens (tertiary/aromatic N) is 1. The van der Waals surface area contributed by atoms with Crippen molar-refractivity contribution in [1.29, 1.82) is 0 Å². The Balaban J connectivity index is 1.82. The van der Waals surface area contributed by atoms with Gasteiger partial charge < -0.3 is 10.1 Å². The van der Waals surface area contributed by atoms with E-state index in [1.165, 1.54) is 13.2 Å². The van der Waals surface area contributed by atoms with Gasteiger partial charge in [-0.3, -0.25) is 0 Å². The summed E-state index contributed by atoms with van der Waals surface area (Å²) in [5, 5.41) is 4.24. The summed E-state index contributed by atoms with van der Waals surface area (Å²) in [7, 11) is 1.45. The van der Waals surface area contributed by atoms with Crippen molar-refractivity contribution in [3.8, 4) is 5.75 Å². The lowest BCUT2D eigenvalue weighted by Crippen LogP contribution is -2.06. The van der Waals surface area contributed by atoms with Gasteiger partial charge in [0.1, 0.15) is 5.01 Å². The van der Waals surface area contributed by atoms with Crippen molar-refractivity contribution in [2.24, 2.45) is 0 Å². The van der Waals surface area contributed by atoms with Crippen LogP contribution >= 0.6 is 11.3 Å². The number of halogens is 1. The summed E-state index contributed by atoms with van der Waals surface area (Å²) >= 11 is 1.64. The molecule has 0 spiro atoms. The molecule has 1 heterocycles. The van der Waals surface area contributed by atoms with Gasteiger partial charge in [-0.1, -0.05) is 12.1 Å². The average molecular weight is 302 g/mol. The zero-order valence-corrected chi connectivity index (χ0v) is 12.6. The van der Waals surface area contributed by atoms with E-state index in [2.05, 4.69) is 16.4 Å². The number of fused-ring (bicyclic) bond motifs is 1. The molecule has 3 rings (SSSR count). The van der Waals surface area contributed by atoms with Gasteiger partial charge in [0.05, 0.1) is 23.4 Å². The molecule has 1 unspecified atom stereocenters. The van der Waals surface area contributed by atoms with Gasteiger partial charge in [0.25, 0.3) is 0 Å². The average Bonchev–Trinajstić information content (AvgIpc) is 2.91. The third-order valence-corrected chi connectivity index (χ3v) is 4.43. The fraction of sp³-hybridized carbons (Fsp3) is 0.188.